The highest BCUT2D eigenvalue weighted by Gasteiger charge is 2.35. The molecular weight excluding hydrogens is 262 g/mol. The van der Waals surface area contributed by atoms with Gasteiger partial charge >= 0.3 is 0 Å². The molecule has 2 atom stereocenters. The highest BCUT2D eigenvalue weighted by Crippen LogP contribution is 2.25. The van der Waals surface area contributed by atoms with E-state index in [1.54, 1.807) is 0 Å². The topological polar surface area (TPSA) is 35.6 Å². The minimum absolute atomic E-state index is 0.00274. The van der Waals surface area contributed by atoms with Crippen LogP contribution in [0.4, 0.5) is 0 Å². The highest BCUT2D eigenvalue weighted by atomic mass is 16.2. The minimum Gasteiger partial charge on any atom is -0.318 e. The molecule has 1 aromatic carbocycles. The van der Waals surface area contributed by atoms with Crippen LogP contribution in [0.3, 0.4) is 0 Å². The van der Waals surface area contributed by atoms with Gasteiger partial charge in [0.1, 0.15) is 6.17 Å². The molecule has 2 rings (SSSR count). The number of hydrogen-bond acceptors (Lipinski definition) is 3. The SMILES string of the molecule is CCN(CC)CC(C)N1C(=O)CNC1c1cccc(C)c1. The second-order valence-corrected chi connectivity index (χ2v) is 5.83. The average molecular weight is 289 g/mol. The van der Waals surface area contributed by atoms with Gasteiger partial charge in [0.2, 0.25) is 5.91 Å². The van der Waals surface area contributed by atoms with Crippen molar-refractivity contribution in [1.29, 1.82) is 0 Å². The maximum absolute atomic E-state index is 12.3. The van der Waals surface area contributed by atoms with Crippen LogP contribution in [-0.4, -0.2) is 47.9 Å². The van der Waals surface area contributed by atoms with E-state index in [4.69, 9.17) is 0 Å². The lowest BCUT2D eigenvalue weighted by Crippen LogP contribution is -2.45. The summed E-state index contributed by atoms with van der Waals surface area (Å²) >= 11 is 0. The van der Waals surface area contributed by atoms with E-state index in [1.807, 2.05) is 4.90 Å². The van der Waals surface area contributed by atoms with E-state index in [2.05, 4.69) is 62.2 Å². The largest absolute Gasteiger partial charge is 0.318 e. The average Bonchev–Trinajstić information content (AvgIpc) is 2.86. The zero-order valence-electron chi connectivity index (χ0n) is 13.6. The third-order valence-electron chi connectivity index (χ3n) is 4.26. The number of carbonyl (C=O) groups is 1. The number of nitrogens with zero attached hydrogens (tertiary/aromatic N) is 2. The molecule has 116 valence electrons. The van der Waals surface area contributed by atoms with Gasteiger partial charge in [0.15, 0.2) is 0 Å². The lowest BCUT2D eigenvalue weighted by atomic mass is 10.1. The molecule has 0 aromatic heterocycles. The van der Waals surface area contributed by atoms with Crippen LogP contribution in [0.2, 0.25) is 0 Å². The van der Waals surface area contributed by atoms with E-state index < -0.39 is 0 Å². The monoisotopic (exact) mass is 289 g/mol. The van der Waals surface area contributed by atoms with Gasteiger partial charge in [0.05, 0.1) is 6.54 Å². The summed E-state index contributed by atoms with van der Waals surface area (Å²) in [4.78, 5) is 16.7. The zero-order valence-corrected chi connectivity index (χ0v) is 13.6. The van der Waals surface area contributed by atoms with Gasteiger partial charge in [-0.05, 0) is 32.5 Å². The zero-order chi connectivity index (χ0) is 15.4. The minimum atomic E-state index is 0.00274. The van der Waals surface area contributed by atoms with E-state index in [9.17, 15) is 4.79 Å². The summed E-state index contributed by atoms with van der Waals surface area (Å²) in [6, 6.07) is 8.61. The quantitative estimate of drug-likeness (QED) is 0.871. The predicted molar refractivity (Wildman–Crippen MR) is 86.0 cm³/mol. The fourth-order valence-corrected chi connectivity index (χ4v) is 3.08. The Morgan fingerprint density at radius 3 is 2.71 bits per heavy atom. The molecular formula is C17H27N3O. The Bertz CT molecular complexity index is 485. The molecule has 0 spiro atoms. The number of carbonyl (C=O) groups excluding carboxylic acids is 1. The molecule has 1 aliphatic rings. The lowest BCUT2D eigenvalue weighted by molar-refractivity contribution is -0.130. The molecule has 1 heterocycles. The van der Waals surface area contributed by atoms with Crippen molar-refractivity contribution in [3.63, 3.8) is 0 Å². The maximum atomic E-state index is 12.3. The maximum Gasteiger partial charge on any atom is 0.238 e. The number of hydrogen-bond donors (Lipinski definition) is 1. The van der Waals surface area contributed by atoms with Crippen LogP contribution < -0.4 is 5.32 Å². The smallest absolute Gasteiger partial charge is 0.238 e. The Morgan fingerprint density at radius 2 is 2.10 bits per heavy atom. The van der Waals surface area contributed by atoms with Gasteiger partial charge in [-0.1, -0.05) is 43.7 Å². The first kappa shape index (κ1) is 16.0. The molecule has 0 bridgehead atoms. The number of amides is 1. The van der Waals surface area contributed by atoms with Crippen LogP contribution in [0.5, 0.6) is 0 Å². The molecule has 21 heavy (non-hydrogen) atoms. The van der Waals surface area contributed by atoms with Crippen molar-refractivity contribution in [2.75, 3.05) is 26.2 Å². The molecule has 1 N–H and O–H groups in total. The van der Waals surface area contributed by atoms with Crippen molar-refractivity contribution in [3.05, 3.63) is 35.4 Å². The lowest BCUT2D eigenvalue weighted by Gasteiger charge is -2.34. The Balaban J connectivity index is 2.16. The summed E-state index contributed by atoms with van der Waals surface area (Å²) in [5, 5.41) is 3.35. The van der Waals surface area contributed by atoms with Crippen molar-refractivity contribution in [2.45, 2.75) is 39.9 Å². The number of likely N-dealkylation sites (N-methyl/N-ethyl adjacent to an activating group) is 1. The second kappa shape index (κ2) is 7.05. The number of nitrogens with one attached hydrogen (secondary N) is 1. The molecule has 4 nitrogen and oxygen atoms in total. The van der Waals surface area contributed by atoms with E-state index >= 15 is 0 Å². The summed E-state index contributed by atoms with van der Waals surface area (Å²) in [5.41, 5.74) is 2.40. The van der Waals surface area contributed by atoms with Crippen molar-refractivity contribution in [3.8, 4) is 0 Å². The van der Waals surface area contributed by atoms with Crippen molar-refractivity contribution in [1.82, 2.24) is 15.1 Å². The van der Waals surface area contributed by atoms with E-state index in [1.165, 1.54) is 11.1 Å². The standard InChI is InChI=1S/C17H27N3O/c1-5-19(6-2)12-14(4)20-16(21)11-18-17(20)15-9-7-8-13(3)10-15/h7-10,14,17-18H,5-6,11-12H2,1-4H3. The predicted octanol–water partition coefficient (Wildman–Crippen LogP) is 2.16. The Morgan fingerprint density at radius 1 is 1.38 bits per heavy atom. The Hall–Kier alpha value is -1.39. The Kier molecular flexibility index (Phi) is 5.37. The molecule has 4 heteroatoms. The van der Waals surface area contributed by atoms with Crippen LogP contribution in [0.25, 0.3) is 0 Å². The van der Waals surface area contributed by atoms with E-state index in [0.29, 0.717) is 6.54 Å². The normalized spacial score (nSPS) is 20.3. The van der Waals surface area contributed by atoms with Crippen LogP contribution in [0.15, 0.2) is 24.3 Å². The first-order valence-electron chi connectivity index (χ1n) is 7.90. The summed E-state index contributed by atoms with van der Waals surface area (Å²) in [5.74, 6) is 0.196. The third kappa shape index (κ3) is 3.63. The molecule has 0 aliphatic carbocycles. The van der Waals surface area contributed by atoms with Crippen molar-refractivity contribution in [2.24, 2.45) is 0 Å². The number of rotatable bonds is 6. The third-order valence-corrected chi connectivity index (χ3v) is 4.26. The molecule has 1 amide bonds. The fourth-order valence-electron chi connectivity index (χ4n) is 3.08. The fraction of sp³-hybridized carbons (Fsp3) is 0.588. The second-order valence-electron chi connectivity index (χ2n) is 5.83. The van der Waals surface area contributed by atoms with Gasteiger partial charge in [0, 0.05) is 12.6 Å². The van der Waals surface area contributed by atoms with Gasteiger partial charge in [-0.25, -0.2) is 0 Å². The van der Waals surface area contributed by atoms with Crippen LogP contribution >= 0.6 is 0 Å². The van der Waals surface area contributed by atoms with Gasteiger partial charge in [-0.2, -0.15) is 0 Å². The summed E-state index contributed by atoms with van der Waals surface area (Å²) < 4.78 is 0. The van der Waals surface area contributed by atoms with Crippen LogP contribution in [-0.2, 0) is 4.79 Å². The van der Waals surface area contributed by atoms with E-state index in [-0.39, 0.29) is 18.1 Å². The molecule has 1 aliphatic heterocycles. The number of benzene rings is 1. The van der Waals surface area contributed by atoms with Gasteiger partial charge < -0.3 is 9.80 Å². The molecule has 1 aromatic rings. The summed E-state index contributed by atoms with van der Waals surface area (Å²) in [6.45, 7) is 12.0. The Labute approximate surface area is 128 Å². The molecule has 1 saturated heterocycles. The van der Waals surface area contributed by atoms with E-state index in [0.717, 1.165) is 19.6 Å². The van der Waals surface area contributed by atoms with Crippen molar-refractivity contribution >= 4 is 5.91 Å². The van der Waals surface area contributed by atoms with Crippen LogP contribution in [0, 0.1) is 6.92 Å². The molecule has 1 fully saturated rings. The highest BCUT2D eigenvalue weighted by molar-refractivity contribution is 5.81. The first-order chi connectivity index (χ1) is 10.1. The summed E-state index contributed by atoms with van der Waals surface area (Å²) in [7, 11) is 0. The molecule has 0 saturated carbocycles. The van der Waals surface area contributed by atoms with Crippen molar-refractivity contribution < 1.29 is 4.79 Å². The van der Waals surface area contributed by atoms with Crippen LogP contribution in [0.1, 0.15) is 38.1 Å². The summed E-state index contributed by atoms with van der Waals surface area (Å²) in [6.07, 6.45) is 0.00274. The van der Waals surface area contributed by atoms with Gasteiger partial charge in [-0.3, -0.25) is 10.1 Å². The molecule has 0 radical (unpaired) electrons. The molecule has 2 unspecified atom stereocenters. The number of aryl methyl sites for hydroxylation is 1. The first-order valence-corrected chi connectivity index (χ1v) is 7.90. The van der Waals surface area contributed by atoms with Gasteiger partial charge in [-0.15, -0.1) is 0 Å². The van der Waals surface area contributed by atoms with Gasteiger partial charge in [0.25, 0.3) is 0 Å².